The lowest BCUT2D eigenvalue weighted by molar-refractivity contribution is 0.146. The zero-order valence-electron chi connectivity index (χ0n) is 18.1. The lowest BCUT2D eigenvalue weighted by Crippen LogP contribution is -2.08. The van der Waals surface area contributed by atoms with Gasteiger partial charge >= 0.3 is 0 Å². The maximum Gasteiger partial charge on any atom is 0.142 e. The van der Waals surface area contributed by atoms with Gasteiger partial charge < -0.3 is 15.2 Å². The van der Waals surface area contributed by atoms with E-state index in [2.05, 4.69) is 27.1 Å². The Kier molecular flexibility index (Phi) is 7.69. The van der Waals surface area contributed by atoms with Gasteiger partial charge in [-0.1, -0.05) is 19.1 Å². The largest absolute Gasteiger partial charge is 0.491 e. The predicted octanol–water partition coefficient (Wildman–Crippen LogP) is 3.63. The van der Waals surface area contributed by atoms with Crippen LogP contribution in [0.1, 0.15) is 41.9 Å². The van der Waals surface area contributed by atoms with Gasteiger partial charge in [0.2, 0.25) is 0 Å². The van der Waals surface area contributed by atoms with E-state index in [1.165, 1.54) is 0 Å². The Labute approximate surface area is 187 Å². The molecule has 8 nitrogen and oxygen atoms in total. The topological polar surface area (TPSA) is 131 Å². The summed E-state index contributed by atoms with van der Waals surface area (Å²) in [5.74, 6) is 1.59. The number of hydrogen-bond acceptors (Lipinski definition) is 8. The molecule has 2 N–H and O–H groups in total. The van der Waals surface area contributed by atoms with Crippen LogP contribution in [0.3, 0.4) is 0 Å². The summed E-state index contributed by atoms with van der Waals surface area (Å²) < 4.78 is 10.6. The first-order valence-electron chi connectivity index (χ1n) is 10.2. The Balaban J connectivity index is 1.93. The van der Waals surface area contributed by atoms with E-state index in [4.69, 9.17) is 15.2 Å². The fraction of sp³-hybridized carbons (Fsp3) is 0.292. The Hall–Kier alpha value is -4.01. The highest BCUT2D eigenvalue weighted by Crippen LogP contribution is 2.34. The van der Waals surface area contributed by atoms with Crippen LogP contribution in [0, 0.1) is 22.7 Å². The van der Waals surface area contributed by atoms with Crippen molar-refractivity contribution < 1.29 is 9.47 Å². The lowest BCUT2D eigenvalue weighted by Gasteiger charge is -2.15. The van der Waals surface area contributed by atoms with Crippen LogP contribution in [-0.2, 0) is 11.2 Å². The molecule has 8 heteroatoms. The van der Waals surface area contributed by atoms with Gasteiger partial charge in [-0.25, -0.2) is 15.0 Å². The Morgan fingerprint density at radius 2 is 1.72 bits per heavy atom. The number of methoxy groups -OCH3 is 1. The lowest BCUT2D eigenvalue weighted by atomic mass is 9.92. The fourth-order valence-electron chi connectivity index (χ4n) is 3.37. The highest BCUT2D eigenvalue weighted by molar-refractivity contribution is 5.81. The first-order valence-corrected chi connectivity index (χ1v) is 10.2. The van der Waals surface area contributed by atoms with Crippen molar-refractivity contribution in [3.05, 3.63) is 65.4 Å². The van der Waals surface area contributed by atoms with E-state index in [1.54, 1.807) is 37.7 Å². The minimum Gasteiger partial charge on any atom is -0.491 e. The molecule has 0 bridgehead atoms. The number of anilines is 1. The number of nitriles is 2. The number of pyridine rings is 1. The maximum absolute atomic E-state index is 9.95. The Bertz CT molecular complexity index is 1130. The molecule has 0 aliphatic heterocycles. The van der Waals surface area contributed by atoms with Gasteiger partial charge in [-0.05, 0) is 36.6 Å². The Morgan fingerprint density at radius 3 is 2.34 bits per heavy atom. The van der Waals surface area contributed by atoms with Crippen molar-refractivity contribution in [2.24, 2.45) is 0 Å². The summed E-state index contributed by atoms with van der Waals surface area (Å²) in [5, 5.41) is 19.6. The van der Waals surface area contributed by atoms with Gasteiger partial charge in [-0.2, -0.15) is 10.5 Å². The van der Waals surface area contributed by atoms with Crippen LogP contribution in [0.15, 0.2) is 42.7 Å². The number of nitrogen functional groups attached to an aromatic ring is 1. The molecule has 0 aliphatic rings. The van der Waals surface area contributed by atoms with E-state index in [0.29, 0.717) is 54.2 Å². The highest BCUT2D eigenvalue weighted by Gasteiger charge is 2.21. The van der Waals surface area contributed by atoms with Crippen LogP contribution in [0.4, 0.5) is 5.82 Å². The van der Waals surface area contributed by atoms with Crippen LogP contribution in [0.25, 0.3) is 11.1 Å². The van der Waals surface area contributed by atoms with Gasteiger partial charge in [0, 0.05) is 31.0 Å². The van der Waals surface area contributed by atoms with Crippen molar-refractivity contribution >= 4 is 5.82 Å². The van der Waals surface area contributed by atoms with E-state index in [0.717, 1.165) is 5.82 Å². The van der Waals surface area contributed by atoms with Crippen molar-refractivity contribution in [1.29, 1.82) is 10.5 Å². The molecule has 0 fully saturated rings. The van der Waals surface area contributed by atoms with Crippen LogP contribution in [0.5, 0.6) is 5.75 Å². The van der Waals surface area contributed by atoms with Gasteiger partial charge in [-0.3, -0.25) is 0 Å². The van der Waals surface area contributed by atoms with Gasteiger partial charge in [0.25, 0.3) is 0 Å². The molecule has 162 valence electrons. The van der Waals surface area contributed by atoms with Gasteiger partial charge in [0.15, 0.2) is 0 Å². The van der Waals surface area contributed by atoms with E-state index in [1.807, 2.05) is 19.1 Å². The van der Waals surface area contributed by atoms with Crippen LogP contribution >= 0.6 is 0 Å². The maximum atomic E-state index is 9.95. The summed E-state index contributed by atoms with van der Waals surface area (Å²) in [7, 11) is 1.61. The molecule has 3 rings (SSSR count). The third-order valence-corrected chi connectivity index (χ3v) is 5.06. The van der Waals surface area contributed by atoms with Crippen LogP contribution < -0.4 is 10.5 Å². The molecule has 0 amide bonds. The molecule has 1 aromatic carbocycles. The summed E-state index contributed by atoms with van der Waals surface area (Å²) in [6.45, 7) is 2.94. The molecule has 3 aromatic rings. The van der Waals surface area contributed by atoms with Crippen LogP contribution in [-0.4, -0.2) is 35.3 Å². The minimum absolute atomic E-state index is 0.0772. The molecule has 0 aliphatic carbocycles. The monoisotopic (exact) mass is 428 g/mol. The first kappa shape index (κ1) is 22.7. The zero-order chi connectivity index (χ0) is 22.9. The van der Waals surface area contributed by atoms with E-state index < -0.39 is 0 Å². The molecule has 0 unspecified atom stereocenters. The normalized spacial score (nSPS) is 11.4. The second kappa shape index (κ2) is 10.9. The van der Waals surface area contributed by atoms with Crippen LogP contribution in [0.2, 0.25) is 0 Å². The summed E-state index contributed by atoms with van der Waals surface area (Å²) in [6, 6.07) is 13.3. The highest BCUT2D eigenvalue weighted by atomic mass is 16.5. The number of nitrogens with zero attached hydrogens (tertiary/aromatic N) is 5. The fourth-order valence-corrected chi connectivity index (χ4v) is 3.37. The average molecular weight is 428 g/mol. The Morgan fingerprint density at radius 1 is 1.03 bits per heavy atom. The van der Waals surface area contributed by atoms with Crippen molar-refractivity contribution in [2.75, 3.05) is 26.1 Å². The van der Waals surface area contributed by atoms with E-state index in [9.17, 15) is 10.5 Å². The summed E-state index contributed by atoms with van der Waals surface area (Å²) in [4.78, 5) is 13.0. The standard InChI is InChI=1S/C24H24N6O2/c1-16(24-28-10-3-11-29-24)4-9-21-19(14-25)22(20(15-26)23(27)30-21)17-5-7-18(8-6-17)32-13-12-31-2/h3,5-8,10-11,16H,4,9,12-13H2,1-2H3,(H2,27,30)/t16-/m0/s1. The van der Waals surface area contributed by atoms with E-state index in [-0.39, 0.29) is 17.3 Å². The molecule has 32 heavy (non-hydrogen) atoms. The summed E-state index contributed by atoms with van der Waals surface area (Å²) >= 11 is 0. The molecule has 0 radical (unpaired) electrons. The number of benzene rings is 1. The second-order valence-corrected chi connectivity index (χ2v) is 7.20. The van der Waals surface area contributed by atoms with Gasteiger partial charge in [-0.15, -0.1) is 0 Å². The molecule has 0 saturated heterocycles. The predicted molar refractivity (Wildman–Crippen MR) is 120 cm³/mol. The quantitative estimate of drug-likeness (QED) is 0.511. The minimum atomic E-state index is 0.0772. The average Bonchev–Trinajstić information content (AvgIpc) is 2.83. The number of rotatable bonds is 9. The first-order chi connectivity index (χ1) is 15.6. The van der Waals surface area contributed by atoms with E-state index >= 15 is 0 Å². The molecular weight excluding hydrogens is 404 g/mol. The number of aryl methyl sites for hydroxylation is 1. The second-order valence-electron chi connectivity index (χ2n) is 7.20. The van der Waals surface area contributed by atoms with Crippen molar-refractivity contribution in [1.82, 2.24) is 15.0 Å². The number of aromatic nitrogens is 3. The number of hydrogen-bond donors (Lipinski definition) is 1. The molecule has 1 atom stereocenters. The van der Waals surface area contributed by atoms with Crippen molar-refractivity contribution in [2.45, 2.75) is 25.7 Å². The zero-order valence-corrected chi connectivity index (χ0v) is 18.1. The summed E-state index contributed by atoms with van der Waals surface area (Å²) in [6.07, 6.45) is 4.60. The molecular formula is C24H24N6O2. The molecule has 2 heterocycles. The van der Waals surface area contributed by atoms with Crippen molar-refractivity contribution in [3.63, 3.8) is 0 Å². The molecule has 0 spiro atoms. The third kappa shape index (κ3) is 5.18. The summed E-state index contributed by atoms with van der Waals surface area (Å²) in [5.41, 5.74) is 8.41. The molecule has 2 aromatic heterocycles. The SMILES string of the molecule is COCCOc1ccc(-c2c(C#N)c(N)nc(CC[C@H](C)c3ncccn3)c2C#N)cc1. The van der Waals surface area contributed by atoms with Gasteiger partial charge in [0.1, 0.15) is 41.7 Å². The third-order valence-electron chi connectivity index (χ3n) is 5.06. The van der Waals surface area contributed by atoms with Crippen molar-refractivity contribution in [3.8, 4) is 29.0 Å². The number of ether oxygens (including phenoxy) is 2. The van der Waals surface area contributed by atoms with Gasteiger partial charge in [0.05, 0.1) is 17.9 Å². The molecule has 0 saturated carbocycles. The number of nitrogens with two attached hydrogens (primary N) is 1. The smallest absolute Gasteiger partial charge is 0.142 e.